The number of aromatic nitrogens is 2. The average molecular weight is 443 g/mol. The van der Waals surface area contributed by atoms with E-state index < -0.39 is 7.27 Å². The zero-order valence-corrected chi connectivity index (χ0v) is 19.0. The van der Waals surface area contributed by atoms with Crippen LogP contribution in [-0.4, -0.2) is 36.7 Å². The summed E-state index contributed by atoms with van der Waals surface area (Å²) < 4.78 is 10.5. The number of hydrogen-bond acceptors (Lipinski definition) is 0. The van der Waals surface area contributed by atoms with Gasteiger partial charge in [-0.3, -0.25) is 0 Å². The van der Waals surface area contributed by atoms with Gasteiger partial charge in [0.25, 0.3) is 0 Å². The fraction of sp³-hybridized carbons (Fsp3) is 0. The van der Waals surface area contributed by atoms with Gasteiger partial charge in [0.1, 0.15) is 0 Å². The van der Waals surface area contributed by atoms with Gasteiger partial charge in [0.05, 0.1) is 0 Å². The summed E-state index contributed by atoms with van der Waals surface area (Å²) in [6.45, 7) is 0. The van der Waals surface area contributed by atoms with E-state index in [4.69, 9.17) is 0 Å². The molecule has 0 fully saturated rings. The number of fused-ring (bicyclic) bond motifs is 5. The summed E-state index contributed by atoms with van der Waals surface area (Å²) in [6, 6.07) is 40.0. The van der Waals surface area contributed by atoms with Gasteiger partial charge in [-0.05, 0) is 0 Å². The molecule has 5 heterocycles. The van der Waals surface area contributed by atoms with Crippen molar-refractivity contribution in [3.05, 3.63) is 133 Å². The summed E-state index contributed by atoms with van der Waals surface area (Å²) in [5, 5.41) is 2.60. The van der Waals surface area contributed by atoms with Gasteiger partial charge in [-0.2, -0.15) is 0 Å². The Hall–Kier alpha value is -4.22. The summed E-state index contributed by atoms with van der Waals surface area (Å²) in [5.74, 6) is 0. The molecule has 8 rings (SSSR count). The van der Waals surface area contributed by atoms with Gasteiger partial charge in [-0.1, -0.05) is 0 Å². The van der Waals surface area contributed by atoms with Crippen LogP contribution >= 0.6 is 0 Å². The van der Waals surface area contributed by atoms with E-state index in [9.17, 15) is 0 Å². The molecule has 0 bridgehead atoms. The molecule has 4 nitrogen and oxygen atoms in total. The molecule has 0 amide bonds. The molecular formula is C28H22N4Si. The van der Waals surface area contributed by atoms with Crippen molar-refractivity contribution >= 4 is 41.5 Å². The molecule has 3 aliphatic heterocycles. The van der Waals surface area contributed by atoms with Gasteiger partial charge in [0, 0.05) is 0 Å². The van der Waals surface area contributed by atoms with Crippen LogP contribution in [0.2, 0.25) is 0 Å². The molecule has 158 valence electrons. The third kappa shape index (κ3) is 1.31. The van der Waals surface area contributed by atoms with E-state index >= 15 is 0 Å². The van der Waals surface area contributed by atoms with E-state index in [-0.39, 0.29) is 0 Å². The molecule has 5 heteroatoms. The normalized spacial score (nSPS) is 21.1. The van der Waals surface area contributed by atoms with Gasteiger partial charge >= 0.3 is 191 Å². The standard InChI is InChI=1S/C28H22N4Si/c1-3-13-25(14-4-1)33(26-15-5-2-6-16-26)29-19-9-11-23(29)21-31(33)27-17-7-8-18-28(27)32(33)22-24-12-10-20-30(24)33/h1-22H. The quantitative estimate of drug-likeness (QED) is 0.371. The van der Waals surface area contributed by atoms with Crippen LogP contribution in [0.25, 0.3) is 0 Å². The number of rotatable bonds is 2. The average Bonchev–Trinajstić information content (AvgIpc) is 3.65. The SMILES string of the molecule is C1=[N+]2c3ccccc3[N+]3=Cc4cccn4[Si-2]23(c2ccccc2)(c2ccccc2)n2cccc21. The van der Waals surface area contributed by atoms with Crippen molar-refractivity contribution in [1.82, 2.24) is 8.47 Å². The number of hydrogen-bond donors (Lipinski definition) is 0. The summed E-state index contributed by atoms with van der Waals surface area (Å²) in [5.41, 5.74) is 4.88. The Bertz CT molecular complexity index is 1570. The van der Waals surface area contributed by atoms with E-state index in [0.29, 0.717) is 0 Å². The molecule has 33 heavy (non-hydrogen) atoms. The van der Waals surface area contributed by atoms with Crippen molar-refractivity contribution in [2.24, 2.45) is 0 Å². The van der Waals surface area contributed by atoms with E-state index in [1.807, 2.05) is 0 Å². The van der Waals surface area contributed by atoms with Crippen LogP contribution in [0.5, 0.6) is 0 Å². The van der Waals surface area contributed by atoms with E-state index in [2.05, 4.69) is 151 Å². The van der Waals surface area contributed by atoms with Crippen molar-refractivity contribution in [3.8, 4) is 0 Å². The maximum absolute atomic E-state index is 4.78. The monoisotopic (exact) mass is 442 g/mol. The molecule has 2 aromatic heterocycles. The second-order valence-electron chi connectivity index (χ2n) is 9.44. The topological polar surface area (TPSA) is 15.9 Å². The predicted octanol–water partition coefficient (Wildman–Crippen LogP) is 3.71. The van der Waals surface area contributed by atoms with Crippen LogP contribution in [0, 0.1) is 0 Å². The first kappa shape index (κ1) is 17.3. The van der Waals surface area contributed by atoms with Crippen LogP contribution in [0.15, 0.2) is 122 Å². The molecule has 0 aliphatic carbocycles. The Morgan fingerprint density at radius 2 is 0.879 bits per heavy atom. The predicted molar refractivity (Wildman–Crippen MR) is 134 cm³/mol. The fourth-order valence-electron chi connectivity index (χ4n) is 7.71. The third-order valence-corrected chi connectivity index (χ3v) is 18.0. The van der Waals surface area contributed by atoms with Crippen molar-refractivity contribution in [2.75, 3.05) is 0 Å². The second-order valence-corrected chi connectivity index (χ2v) is 15.8. The van der Waals surface area contributed by atoms with Crippen LogP contribution < -0.4 is 10.4 Å². The second kappa shape index (κ2) is 5.05. The first-order chi connectivity index (χ1) is 16.3. The Kier molecular flexibility index (Phi) is 2.66. The zero-order chi connectivity index (χ0) is 21.7. The molecule has 0 saturated carbocycles. The molecule has 3 aromatic carbocycles. The van der Waals surface area contributed by atoms with Gasteiger partial charge in [-0.25, -0.2) is 0 Å². The molecule has 0 saturated heterocycles. The van der Waals surface area contributed by atoms with E-state index in [0.717, 1.165) is 0 Å². The Morgan fingerprint density at radius 1 is 0.455 bits per heavy atom. The summed E-state index contributed by atoms with van der Waals surface area (Å²) in [6.07, 6.45) is 9.31. The summed E-state index contributed by atoms with van der Waals surface area (Å²) in [7, 11) is -4.78. The minimum absolute atomic E-state index is 1.21. The van der Waals surface area contributed by atoms with Gasteiger partial charge in [0.2, 0.25) is 0 Å². The van der Waals surface area contributed by atoms with Crippen molar-refractivity contribution in [3.63, 3.8) is 0 Å². The number of para-hydroxylation sites is 2. The molecular weight excluding hydrogens is 420 g/mol. The van der Waals surface area contributed by atoms with Crippen molar-refractivity contribution in [1.29, 1.82) is 0 Å². The van der Waals surface area contributed by atoms with Crippen LogP contribution in [0.1, 0.15) is 11.4 Å². The Labute approximate surface area is 191 Å². The summed E-state index contributed by atoms with van der Waals surface area (Å²) in [4.78, 5) is 0. The first-order valence-corrected chi connectivity index (χ1v) is 14.2. The first-order valence-electron chi connectivity index (χ1n) is 11.5. The zero-order valence-electron chi connectivity index (χ0n) is 18.0. The number of benzene rings is 3. The van der Waals surface area contributed by atoms with Crippen molar-refractivity contribution in [2.45, 2.75) is 0 Å². The molecule has 0 atom stereocenters. The molecule has 1 spiro atoms. The fourth-order valence-corrected chi connectivity index (χ4v) is 18.3. The van der Waals surface area contributed by atoms with E-state index in [1.165, 1.54) is 33.1 Å². The maximum atomic E-state index is 2.64. The van der Waals surface area contributed by atoms with Crippen molar-refractivity contribution < 1.29 is 8.48 Å². The van der Waals surface area contributed by atoms with Gasteiger partial charge in [0.15, 0.2) is 0 Å². The van der Waals surface area contributed by atoms with Crippen LogP contribution in [-0.2, 0) is 0 Å². The van der Waals surface area contributed by atoms with Gasteiger partial charge < -0.3 is 0 Å². The van der Waals surface area contributed by atoms with Crippen LogP contribution in [0.3, 0.4) is 0 Å². The Balaban J connectivity index is 1.83. The molecule has 3 aliphatic rings. The minimum atomic E-state index is -4.78. The Morgan fingerprint density at radius 3 is 1.33 bits per heavy atom. The molecule has 0 N–H and O–H groups in total. The number of nitrogens with zero attached hydrogens (tertiary/aromatic N) is 4. The van der Waals surface area contributed by atoms with E-state index in [1.54, 1.807) is 0 Å². The third-order valence-electron chi connectivity index (χ3n) is 8.61. The van der Waals surface area contributed by atoms with Crippen LogP contribution in [0.4, 0.5) is 11.4 Å². The molecule has 0 radical (unpaired) electrons. The van der Waals surface area contributed by atoms with Gasteiger partial charge in [-0.15, -0.1) is 0 Å². The molecule has 5 aromatic rings. The molecule has 0 unspecified atom stereocenters. The summed E-state index contributed by atoms with van der Waals surface area (Å²) >= 11 is 0.